The van der Waals surface area contributed by atoms with Crippen LogP contribution in [0.3, 0.4) is 0 Å². The SMILES string of the molecule is Cc1ccsc1C(=O)c1cn(C)cn1. The van der Waals surface area contributed by atoms with E-state index < -0.39 is 0 Å². The van der Waals surface area contributed by atoms with Crippen molar-refractivity contribution in [3.63, 3.8) is 0 Å². The fourth-order valence-corrected chi connectivity index (χ4v) is 2.13. The predicted octanol–water partition coefficient (Wildman–Crippen LogP) is 2.02. The summed E-state index contributed by atoms with van der Waals surface area (Å²) in [5.74, 6) is 0.0121. The van der Waals surface area contributed by atoms with Gasteiger partial charge >= 0.3 is 0 Å². The average molecular weight is 206 g/mol. The van der Waals surface area contributed by atoms with Crippen molar-refractivity contribution >= 4 is 17.1 Å². The van der Waals surface area contributed by atoms with E-state index in [1.807, 2.05) is 25.4 Å². The van der Waals surface area contributed by atoms with Crippen LogP contribution in [-0.2, 0) is 7.05 Å². The van der Waals surface area contributed by atoms with Crippen LogP contribution >= 0.6 is 11.3 Å². The molecule has 2 aromatic heterocycles. The lowest BCUT2D eigenvalue weighted by atomic mass is 10.2. The molecule has 0 bridgehead atoms. The minimum absolute atomic E-state index is 0.0121. The number of rotatable bonds is 2. The number of aryl methyl sites for hydroxylation is 2. The maximum absolute atomic E-state index is 11.9. The number of hydrogen-bond donors (Lipinski definition) is 0. The molecule has 0 amide bonds. The number of imidazole rings is 1. The molecule has 2 heterocycles. The molecule has 72 valence electrons. The van der Waals surface area contributed by atoms with Gasteiger partial charge in [0, 0.05) is 13.2 Å². The van der Waals surface area contributed by atoms with Gasteiger partial charge in [0.25, 0.3) is 0 Å². The molecule has 4 heteroatoms. The molecule has 0 aliphatic carbocycles. The largest absolute Gasteiger partial charge is 0.340 e. The summed E-state index contributed by atoms with van der Waals surface area (Å²) in [5.41, 5.74) is 1.53. The van der Waals surface area contributed by atoms with E-state index in [-0.39, 0.29) is 5.78 Å². The van der Waals surface area contributed by atoms with E-state index in [1.165, 1.54) is 11.3 Å². The van der Waals surface area contributed by atoms with Crippen LogP contribution in [0.15, 0.2) is 24.0 Å². The summed E-state index contributed by atoms with van der Waals surface area (Å²) in [4.78, 5) is 16.7. The summed E-state index contributed by atoms with van der Waals surface area (Å²) in [7, 11) is 1.85. The van der Waals surface area contributed by atoms with Crippen molar-refractivity contribution in [1.29, 1.82) is 0 Å². The lowest BCUT2D eigenvalue weighted by Crippen LogP contribution is -2.00. The predicted molar refractivity (Wildman–Crippen MR) is 55.7 cm³/mol. The number of ketones is 1. The van der Waals surface area contributed by atoms with Gasteiger partial charge in [0.1, 0.15) is 5.69 Å². The first-order valence-electron chi connectivity index (χ1n) is 4.25. The monoisotopic (exact) mass is 206 g/mol. The molecule has 2 aromatic rings. The van der Waals surface area contributed by atoms with Gasteiger partial charge in [-0.3, -0.25) is 4.79 Å². The quantitative estimate of drug-likeness (QED) is 0.705. The molecule has 14 heavy (non-hydrogen) atoms. The first-order chi connectivity index (χ1) is 6.68. The van der Waals surface area contributed by atoms with Crippen LogP contribution in [0.1, 0.15) is 20.9 Å². The lowest BCUT2D eigenvalue weighted by Gasteiger charge is -1.94. The molecule has 0 aliphatic rings. The first-order valence-corrected chi connectivity index (χ1v) is 5.13. The van der Waals surface area contributed by atoms with E-state index in [0.29, 0.717) is 5.69 Å². The van der Waals surface area contributed by atoms with Gasteiger partial charge in [-0.2, -0.15) is 0 Å². The minimum atomic E-state index is 0.0121. The van der Waals surface area contributed by atoms with Gasteiger partial charge in [-0.1, -0.05) is 0 Å². The lowest BCUT2D eigenvalue weighted by molar-refractivity contribution is 0.103. The maximum Gasteiger partial charge on any atom is 0.223 e. The highest BCUT2D eigenvalue weighted by Gasteiger charge is 2.14. The molecular formula is C10H10N2OS. The molecule has 0 aromatic carbocycles. The Kier molecular flexibility index (Phi) is 2.21. The van der Waals surface area contributed by atoms with Gasteiger partial charge in [-0.15, -0.1) is 11.3 Å². The molecular weight excluding hydrogens is 196 g/mol. The molecule has 0 N–H and O–H groups in total. The molecule has 3 nitrogen and oxygen atoms in total. The van der Waals surface area contributed by atoms with Gasteiger partial charge in [0.2, 0.25) is 5.78 Å². The molecule has 0 saturated heterocycles. The van der Waals surface area contributed by atoms with Gasteiger partial charge in [-0.25, -0.2) is 4.98 Å². The van der Waals surface area contributed by atoms with Gasteiger partial charge < -0.3 is 4.57 Å². The summed E-state index contributed by atoms with van der Waals surface area (Å²) in [6.07, 6.45) is 3.37. The number of nitrogens with zero attached hydrogens (tertiary/aromatic N) is 2. The van der Waals surface area contributed by atoms with Crippen molar-refractivity contribution in [1.82, 2.24) is 9.55 Å². The molecule has 0 spiro atoms. The van der Waals surface area contributed by atoms with Crippen molar-refractivity contribution in [2.24, 2.45) is 7.05 Å². The number of hydrogen-bond acceptors (Lipinski definition) is 3. The smallest absolute Gasteiger partial charge is 0.223 e. The maximum atomic E-state index is 11.9. The molecule has 0 unspecified atom stereocenters. The van der Waals surface area contributed by atoms with Gasteiger partial charge in [0.15, 0.2) is 0 Å². The van der Waals surface area contributed by atoms with E-state index in [1.54, 1.807) is 17.1 Å². The zero-order valence-electron chi connectivity index (χ0n) is 8.02. The van der Waals surface area contributed by atoms with E-state index >= 15 is 0 Å². The number of aromatic nitrogens is 2. The third-order valence-electron chi connectivity index (χ3n) is 2.01. The highest BCUT2D eigenvalue weighted by atomic mass is 32.1. The Morgan fingerprint density at radius 3 is 2.86 bits per heavy atom. The summed E-state index contributed by atoms with van der Waals surface area (Å²) in [5, 5.41) is 1.92. The Labute approximate surface area is 86.0 Å². The number of thiophene rings is 1. The first kappa shape index (κ1) is 9.15. The van der Waals surface area contributed by atoms with Crippen molar-refractivity contribution in [2.75, 3.05) is 0 Å². The average Bonchev–Trinajstić information content (AvgIpc) is 2.73. The second-order valence-corrected chi connectivity index (χ2v) is 4.10. The fourth-order valence-electron chi connectivity index (χ4n) is 1.25. The van der Waals surface area contributed by atoms with Crippen LogP contribution in [-0.4, -0.2) is 15.3 Å². The fraction of sp³-hybridized carbons (Fsp3) is 0.200. The van der Waals surface area contributed by atoms with Crippen molar-refractivity contribution in [3.8, 4) is 0 Å². The highest BCUT2D eigenvalue weighted by Crippen LogP contribution is 2.18. The van der Waals surface area contributed by atoms with E-state index in [0.717, 1.165) is 10.4 Å². The van der Waals surface area contributed by atoms with Crippen LogP contribution in [0.2, 0.25) is 0 Å². The zero-order chi connectivity index (χ0) is 10.1. The second-order valence-electron chi connectivity index (χ2n) is 3.19. The van der Waals surface area contributed by atoms with Crippen LogP contribution in [0.5, 0.6) is 0 Å². The topological polar surface area (TPSA) is 34.9 Å². The molecule has 2 rings (SSSR count). The summed E-state index contributed by atoms with van der Waals surface area (Å²) in [6, 6.07) is 1.95. The summed E-state index contributed by atoms with van der Waals surface area (Å²) < 4.78 is 1.77. The van der Waals surface area contributed by atoms with Crippen LogP contribution in [0.25, 0.3) is 0 Å². The summed E-state index contributed by atoms with van der Waals surface area (Å²) in [6.45, 7) is 1.94. The molecule has 0 aliphatic heterocycles. The van der Waals surface area contributed by atoms with Crippen molar-refractivity contribution in [3.05, 3.63) is 40.1 Å². The van der Waals surface area contributed by atoms with Crippen LogP contribution in [0.4, 0.5) is 0 Å². The zero-order valence-corrected chi connectivity index (χ0v) is 8.84. The normalized spacial score (nSPS) is 10.4. The van der Waals surface area contributed by atoms with Crippen LogP contribution < -0.4 is 0 Å². The van der Waals surface area contributed by atoms with E-state index in [2.05, 4.69) is 4.98 Å². The van der Waals surface area contributed by atoms with Crippen molar-refractivity contribution in [2.45, 2.75) is 6.92 Å². The molecule has 0 fully saturated rings. The minimum Gasteiger partial charge on any atom is -0.340 e. The summed E-state index contributed by atoms with van der Waals surface area (Å²) >= 11 is 1.46. The standard InChI is InChI=1S/C10H10N2OS/c1-7-3-4-14-10(7)9(13)8-5-12(2)6-11-8/h3-6H,1-2H3. The van der Waals surface area contributed by atoms with E-state index in [4.69, 9.17) is 0 Å². The van der Waals surface area contributed by atoms with Crippen LogP contribution in [0, 0.1) is 6.92 Å². The Morgan fingerprint density at radius 2 is 2.36 bits per heavy atom. The Hall–Kier alpha value is -1.42. The molecule has 0 radical (unpaired) electrons. The number of carbonyl (C=O) groups is 1. The van der Waals surface area contributed by atoms with Gasteiger partial charge in [0.05, 0.1) is 11.2 Å². The Morgan fingerprint density at radius 1 is 1.57 bits per heavy atom. The Balaban J connectivity index is 2.38. The third-order valence-corrected chi connectivity index (χ3v) is 3.02. The second kappa shape index (κ2) is 3.38. The highest BCUT2D eigenvalue weighted by molar-refractivity contribution is 7.12. The van der Waals surface area contributed by atoms with Crippen molar-refractivity contribution < 1.29 is 4.79 Å². The third kappa shape index (κ3) is 1.48. The van der Waals surface area contributed by atoms with Gasteiger partial charge in [-0.05, 0) is 23.9 Å². The number of carbonyl (C=O) groups excluding carboxylic acids is 1. The molecule has 0 atom stereocenters. The molecule has 0 saturated carbocycles. The Bertz CT molecular complexity index is 470. The van der Waals surface area contributed by atoms with E-state index in [9.17, 15) is 4.79 Å².